The summed E-state index contributed by atoms with van der Waals surface area (Å²) in [6.45, 7) is 4.64. The minimum absolute atomic E-state index is 0.115. The maximum Gasteiger partial charge on any atom is 0.255 e. The number of carbonyl (C=O) groups excluding carboxylic acids is 1. The average Bonchev–Trinajstić information content (AvgIpc) is 2.95. The Morgan fingerprint density at radius 3 is 2.71 bits per heavy atom. The monoisotopic (exact) mass is 287 g/mol. The maximum atomic E-state index is 12.3. The highest BCUT2D eigenvalue weighted by Crippen LogP contribution is 2.22. The van der Waals surface area contributed by atoms with E-state index in [1.54, 1.807) is 0 Å². The zero-order valence-electron chi connectivity index (χ0n) is 12.4. The molecule has 5 heteroatoms. The fourth-order valence-corrected chi connectivity index (χ4v) is 2.09. The maximum absolute atomic E-state index is 12.3. The third kappa shape index (κ3) is 3.92. The fraction of sp³-hybridized carbons (Fsp3) is 0.375. The highest BCUT2D eigenvalue weighted by molar-refractivity contribution is 5.99. The number of benzene rings is 1. The molecule has 1 heterocycles. The van der Waals surface area contributed by atoms with Crippen LogP contribution in [0.2, 0.25) is 0 Å². The molecule has 0 fully saturated rings. The summed E-state index contributed by atoms with van der Waals surface area (Å²) in [6, 6.07) is 9.63. The van der Waals surface area contributed by atoms with Gasteiger partial charge in [-0.25, -0.2) is 0 Å². The molecular formula is C16H21N3O2. The molecule has 2 rings (SSSR count). The Morgan fingerprint density at radius 2 is 2.05 bits per heavy atom. The van der Waals surface area contributed by atoms with Gasteiger partial charge in [0.15, 0.2) is 0 Å². The van der Waals surface area contributed by atoms with Gasteiger partial charge in [0, 0.05) is 18.7 Å². The lowest BCUT2D eigenvalue weighted by Gasteiger charge is -2.23. The Morgan fingerprint density at radius 1 is 1.33 bits per heavy atom. The quantitative estimate of drug-likeness (QED) is 0.762. The van der Waals surface area contributed by atoms with E-state index in [2.05, 4.69) is 15.5 Å². The number of aromatic nitrogens is 2. The number of hydrogen-bond donors (Lipinski definition) is 3. The smallest absolute Gasteiger partial charge is 0.255 e. The van der Waals surface area contributed by atoms with Crippen molar-refractivity contribution in [2.24, 2.45) is 5.41 Å². The van der Waals surface area contributed by atoms with Crippen LogP contribution < -0.4 is 5.32 Å². The molecule has 2 aromatic rings. The van der Waals surface area contributed by atoms with Crippen LogP contribution in [-0.2, 0) is 0 Å². The molecule has 1 amide bonds. The topological polar surface area (TPSA) is 78.0 Å². The molecule has 1 aromatic heterocycles. The van der Waals surface area contributed by atoms with Crippen LogP contribution in [0.1, 0.15) is 30.6 Å². The van der Waals surface area contributed by atoms with Crippen molar-refractivity contribution in [2.45, 2.75) is 20.3 Å². The first kappa shape index (κ1) is 15.3. The predicted molar refractivity (Wildman–Crippen MR) is 81.8 cm³/mol. The summed E-state index contributed by atoms with van der Waals surface area (Å²) in [5.41, 5.74) is 2.03. The molecule has 0 radical (unpaired) electrons. The van der Waals surface area contributed by atoms with E-state index in [0.717, 1.165) is 5.56 Å². The van der Waals surface area contributed by atoms with E-state index in [9.17, 15) is 4.79 Å². The molecule has 0 spiro atoms. The molecule has 0 aliphatic heterocycles. The third-order valence-corrected chi connectivity index (χ3v) is 3.46. The largest absolute Gasteiger partial charge is 0.396 e. The van der Waals surface area contributed by atoms with Crippen molar-refractivity contribution < 1.29 is 9.90 Å². The van der Waals surface area contributed by atoms with Crippen molar-refractivity contribution in [1.29, 1.82) is 0 Å². The number of amides is 1. The van der Waals surface area contributed by atoms with Gasteiger partial charge in [-0.3, -0.25) is 9.89 Å². The molecule has 0 aliphatic rings. The Kier molecular flexibility index (Phi) is 4.75. The van der Waals surface area contributed by atoms with Crippen LogP contribution >= 0.6 is 0 Å². The van der Waals surface area contributed by atoms with E-state index in [1.165, 1.54) is 6.20 Å². The van der Waals surface area contributed by atoms with Crippen LogP contribution in [0.5, 0.6) is 0 Å². The molecule has 0 saturated heterocycles. The first-order valence-electron chi connectivity index (χ1n) is 7.01. The van der Waals surface area contributed by atoms with Crippen LogP contribution in [-0.4, -0.2) is 34.4 Å². The van der Waals surface area contributed by atoms with E-state index in [-0.39, 0.29) is 17.9 Å². The standard InChI is InChI=1S/C16H21N3O2/c1-16(2,8-9-20)11-17-15(21)13-10-18-19-14(13)12-6-4-3-5-7-12/h3-7,10,20H,8-9,11H2,1-2H3,(H,17,21)(H,18,19). The van der Waals surface area contributed by atoms with Gasteiger partial charge in [-0.2, -0.15) is 5.10 Å². The summed E-state index contributed by atoms with van der Waals surface area (Å²) < 4.78 is 0. The molecule has 0 aliphatic carbocycles. The van der Waals surface area contributed by atoms with Gasteiger partial charge < -0.3 is 10.4 Å². The zero-order valence-corrected chi connectivity index (χ0v) is 12.4. The van der Waals surface area contributed by atoms with Crippen molar-refractivity contribution >= 4 is 5.91 Å². The third-order valence-electron chi connectivity index (χ3n) is 3.46. The number of carbonyl (C=O) groups is 1. The minimum Gasteiger partial charge on any atom is -0.396 e. The number of aromatic amines is 1. The van der Waals surface area contributed by atoms with Crippen molar-refractivity contribution in [3.05, 3.63) is 42.1 Å². The lowest BCUT2D eigenvalue weighted by molar-refractivity contribution is 0.0929. The van der Waals surface area contributed by atoms with Crippen molar-refractivity contribution in [1.82, 2.24) is 15.5 Å². The summed E-state index contributed by atoms with van der Waals surface area (Å²) >= 11 is 0. The summed E-state index contributed by atoms with van der Waals surface area (Å²) in [7, 11) is 0. The fourth-order valence-electron chi connectivity index (χ4n) is 2.09. The molecule has 0 bridgehead atoms. The normalized spacial score (nSPS) is 11.4. The van der Waals surface area contributed by atoms with Crippen molar-refractivity contribution in [3.8, 4) is 11.3 Å². The van der Waals surface area contributed by atoms with Crippen LogP contribution in [0.4, 0.5) is 0 Å². The lowest BCUT2D eigenvalue weighted by atomic mass is 9.89. The van der Waals surface area contributed by atoms with Gasteiger partial charge in [0.2, 0.25) is 0 Å². The second-order valence-corrected chi connectivity index (χ2v) is 5.85. The molecule has 1 aromatic carbocycles. The average molecular weight is 287 g/mol. The Labute approximate surface area is 124 Å². The highest BCUT2D eigenvalue weighted by atomic mass is 16.3. The molecule has 5 nitrogen and oxygen atoms in total. The van der Waals surface area contributed by atoms with E-state index < -0.39 is 0 Å². The molecular weight excluding hydrogens is 266 g/mol. The van der Waals surface area contributed by atoms with Crippen molar-refractivity contribution in [2.75, 3.05) is 13.2 Å². The zero-order chi connectivity index (χ0) is 15.3. The highest BCUT2D eigenvalue weighted by Gasteiger charge is 2.20. The van der Waals surface area contributed by atoms with Crippen LogP contribution in [0.25, 0.3) is 11.3 Å². The number of hydrogen-bond acceptors (Lipinski definition) is 3. The summed E-state index contributed by atoms with van der Waals surface area (Å²) in [6.07, 6.45) is 2.18. The van der Waals surface area contributed by atoms with E-state index in [0.29, 0.717) is 24.2 Å². The van der Waals surface area contributed by atoms with E-state index in [4.69, 9.17) is 5.11 Å². The van der Waals surface area contributed by atoms with Crippen molar-refractivity contribution in [3.63, 3.8) is 0 Å². The predicted octanol–water partition coefficient (Wildman–Crippen LogP) is 2.22. The first-order valence-corrected chi connectivity index (χ1v) is 7.01. The van der Waals surface area contributed by atoms with Crippen LogP contribution in [0, 0.1) is 5.41 Å². The number of nitrogens with one attached hydrogen (secondary N) is 2. The summed E-state index contributed by atoms with van der Waals surface area (Å²) in [5, 5.41) is 18.8. The number of aliphatic hydroxyl groups is 1. The Bertz CT molecular complexity index is 591. The van der Waals surface area contributed by atoms with E-state index in [1.807, 2.05) is 44.2 Å². The van der Waals surface area contributed by atoms with E-state index >= 15 is 0 Å². The van der Waals surface area contributed by atoms with Gasteiger partial charge in [-0.1, -0.05) is 44.2 Å². The van der Waals surface area contributed by atoms with Gasteiger partial charge in [-0.05, 0) is 11.8 Å². The Hall–Kier alpha value is -2.14. The number of rotatable bonds is 6. The summed E-state index contributed by atoms with van der Waals surface area (Å²) in [4.78, 5) is 12.3. The number of nitrogens with zero attached hydrogens (tertiary/aromatic N) is 1. The molecule has 21 heavy (non-hydrogen) atoms. The minimum atomic E-state index is -0.159. The van der Waals surface area contributed by atoms with Gasteiger partial charge >= 0.3 is 0 Å². The van der Waals surface area contributed by atoms with Gasteiger partial charge in [0.25, 0.3) is 5.91 Å². The first-order chi connectivity index (χ1) is 10.0. The second-order valence-electron chi connectivity index (χ2n) is 5.85. The van der Waals surface area contributed by atoms with Gasteiger partial charge in [0.05, 0.1) is 17.5 Å². The van der Waals surface area contributed by atoms with Gasteiger partial charge in [0.1, 0.15) is 0 Å². The van der Waals surface area contributed by atoms with Crippen LogP contribution in [0.3, 0.4) is 0 Å². The number of H-pyrrole nitrogens is 1. The molecule has 0 unspecified atom stereocenters. The second kappa shape index (κ2) is 6.54. The molecule has 112 valence electrons. The summed E-state index contributed by atoms with van der Waals surface area (Å²) in [5.74, 6) is -0.159. The van der Waals surface area contributed by atoms with Gasteiger partial charge in [-0.15, -0.1) is 0 Å². The molecule has 3 N–H and O–H groups in total. The SMILES string of the molecule is CC(C)(CCO)CNC(=O)c1cn[nH]c1-c1ccccc1. The van der Waals surface area contributed by atoms with Crippen LogP contribution in [0.15, 0.2) is 36.5 Å². The molecule has 0 saturated carbocycles. The molecule has 0 atom stereocenters. The number of aliphatic hydroxyl groups excluding tert-OH is 1. The lowest BCUT2D eigenvalue weighted by Crippen LogP contribution is -2.34. The Balaban J connectivity index is 2.10.